The van der Waals surface area contributed by atoms with Gasteiger partial charge in [0, 0.05) is 31.9 Å². The second-order valence-electron chi connectivity index (χ2n) is 8.18. The molecule has 0 aliphatic carbocycles. The number of nitrogens with zero attached hydrogens (tertiary/aromatic N) is 2. The van der Waals surface area contributed by atoms with Gasteiger partial charge in [-0.15, -0.1) is 24.8 Å². The highest BCUT2D eigenvalue weighted by Crippen LogP contribution is 2.18. The van der Waals surface area contributed by atoms with Gasteiger partial charge in [-0.3, -0.25) is 14.6 Å². The average Bonchev–Trinajstić information content (AvgIpc) is 2.88. The van der Waals surface area contributed by atoms with Gasteiger partial charge in [0.05, 0.1) is 10.9 Å². The van der Waals surface area contributed by atoms with Crippen LogP contribution in [0, 0.1) is 0 Å². The Morgan fingerprint density at radius 3 is 2.54 bits per heavy atom. The fourth-order valence-electron chi connectivity index (χ4n) is 3.80. The molecular formula is C24H31Cl2N7O4. The Kier molecular flexibility index (Phi) is 11.6. The summed E-state index contributed by atoms with van der Waals surface area (Å²) in [7, 11) is 0. The van der Waals surface area contributed by atoms with Crippen LogP contribution in [0.1, 0.15) is 12.0 Å². The Balaban J connectivity index is 0.00000241. The van der Waals surface area contributed by atoms with E-state index in [9.17, 15) is 14.4 Å². The predicted molar refractivity (Wildman–Crippen MR) is 148 cm³/mol. The third-order valence-electron chi connectivity index (χ3n) is 5.65. The number of fused-ring (bicyclic) bond motifs is 1. The number of hydrogen-bond acceptors (Lipinski definition) is 8. The molecule has 37 heavy (non-hydrogen) atoms. The Morgan fingerprint density at radius 2 is 1.84 bits per heavy atom. The third kappa shape index (κ3) is 8.05. The number of ether oxygens (including phenoxy) is 1. The number of benzene rings is 2. The summed E-state index contributed by atoms with van der Waals surface area (Å²) in [4.78, 5) is 47.2. The van der Waals surface area contributed by atoms with Crippen LogP contribution in [0.25, 0.3) is 10.9 Å². The third-order valence-corrected chi connectivity index (χ3v) is 5.65. The molecule has 0 spiro atoms. The maximum atomic E-state index is 12.8. The van der Waals surface area contributed by atoms with E-state index < -0.39 is 18.0 Å². The number of aromatic amines is 1. The number of aromatic nitrogens is 2. The summed E-state index contributed by atoms with van der Waals surface area (Å²) < 4.78 is 5.21. The van der Waals surface area contributed by atoms with Gasteiger partial charge < -0.3 is 31.3 Å². The summed E-state index contributed by atoms with van der Waals surface area (Å²) in [6, 6.07) is 13.2. The molecule has 2 aromatic carbocycles. The van der Waals surface area contributed by atoms with Gasteiger partial charge in [0.1, 0.15) is 12.6 Å². The lowest BCUT2D eigenvalue weighted by atomic mass is 10.1. The van der Waals surface area contributed by atoms with Crippen molar-refractivity contribution in [2.75, 3.05) is 42.9 Å². The van der Waals surface area contributed by atoms with Crippen LogP contribution in [0.15, 0.2) is 53.3 Å². The lowest BCUT2D eigenvalue weighted by Gasteiger charge is -2.27. The van der Waals surface area contributed by atoms with Crippen LogP contribution in [-0.4, -0.2) is 60.7 Å². The summed E-state index contributed by atoms with van der Waals surface area (Å²) in [6.07, 6.45) is -0.502. The van der Waals surface area contributed by atoms with E-state index in [2.05, 4.69) is 25.9 Å². The molecule has 2 amide bonds. The van der Waals surface area contributed by atoms with Gasteiger partial charge >= 0.3 is 6.09 Å². The van der Waals surface area contributed by atoms with Crippen molar-refractivity contribution in [3.63, 3.8) is 0 Å². The Hall–Kier alpha value is -3.38. The smallest absolute Gasteiger partial charge is 0.408 e. The van der Waals surface area contributed by atoms with E-state index in [-0.39, 0.29) is 49.9 Å². The maximum absolute atomic E-state index is 12.8. The van der Waals surface area contributed by atoms with Crippen LogP contribution in [0.3, 0.4) is 0 Å². The molecule has 4 rings (SSSR count). The highest BCUT2D eigenvalue weighted by molar-refractivity contribution is 5.98. The first kappa shape index (κ1) is 29.8. The van der Waals surface area contributed by atoms with Crippen molar-refractivity contribution in [3.8, 4) is 0 Å². The molecule has 3 aromatic rings. The van der Waals surface area contributed by atoms with Crippen LogP contribution >= 0.6 is 24.8 Å². The minimum absolute atomic E-state index is 0. The molecule has 0 bridgehead atoms. The summed E-state index contributed by atoms with van der Waals surface area (Å²) in [6.45, 7) is 3.43. The molecule has 1 aromatic heterocycles. The maximum Gasteiger partial charge on any atom is 0.408 e. The first-order valence-electron chi connectivity index (χ1n) is 11.5. The molecule has 1 aliphatic heterocycles. The molecule has 1 fully saturated rings. The lowest BCUT2D eigenvalue weighted by molar-refractivity contribution is -0.118. The number of hydrogen-bond donors (Lipinski definition) is 5. The fraction of sp³-hybridized carbons (Fsp3) is 0.333. The zero-order valence-electron chi connectivity index (χ0n) is 20.1. The highest BCUT2D eigenvalue weighted by Gasteiger charge is 2.21. The van der Waals surface area contributed by atoms with Gasteiger partial charge in [-0.1, -0.05) is 30.3 Å². The minimum atomic E-state index is -0.898. The Labute approximate surface area is 226 Å². The zero-order valence-corrected chi connectivity index (χ0v) is 21.7. The number of piperazine rings is 1. The molecule has 1 aliphatic rings. The van der Waals surface area contributed by atoms with Gasteiger partial charge in [-0.25, -0.2) is 9.78 Å². The number of alkyl carbamates (subject to hydrolysis) is 1. The average molecular weight is 552 g/mol. The largest absolute Gasteiger partial charge is 0.445 e. The van der Waals surface area contributed by atoms with Gasteiger partial charge in [0.25, 0.3) is 5.56 Å². The summed E-state index contributed by atoms with van der Waals surface area (Å²) in [5.41, 5.74) is 7.12. The zero-order chi connectivity index (χ0) is 24.6. The van der Waals surface area contributed by atoms with Gasteiger partial charge in [-0.2, -0.15) is 0 Å². The van der Waals surface area contributed by atoms with Crippen LogP contribution < -0.4 is 32.1 Å². The van der Waals surface area contributed by atoms with Crippen molar-refractivity contribution < 1.29 is 14.3 Å². The molecule has 200 valence electrons. The number of halogens is 2. The predicted octanol–water partition coefficient (Wildman–Crippen LogP) is 1.76. The molecular weight excluding hydrogens is 521 g/mol. The molecule has 6 N–H and O–H groups in total. The SMILES string of the molecule is Cl.Cl.NCC[C@H](NC(=O)OCc1ccccc1)C(=O)Nc1ccc2nc(N3CCNCC3)[nH]c(=O)c2c1. The first-order valence-corrected chi connectivity index (χ1v) is 11.5. The number of amides is 2. The number of anilines is 2. The van der Waals surface area contributed by atoms with Crippen molar-refractivity contribution in [2.24, 2.45) is 5.73 Å². The molecule has 0 unspecified atom stereocenters. The summed E-state index contributed by atoms with van der Waals surface area (Å²) in [5.74, 6) is 0.0651. The van der Waals surface area contributed by atoms with Crippen molar-refractivity contribution >= 4 is 59.4 Å². The van der Waals surface area contributed by atoms with E-state index in [0.29, 0.717) is 22.5 Å². The highest BCUT2D eigenvalue weighted by atomic mass is 35.5. The lowest BCUT2D eigenvalue weighted by Crippen LogP contribution is -2.45. The molecule has 2 heterocycles. The molecule has 1 saturated heterocycles. The minimum Gasteiger partial charge on any atom is -0.445 e. The molecule has 1 atom stereocenters. The molecule has 11 nitrogen and oxygen atoms in total. The number of H-pyrrole nitrogens is 1. The molecule has 0 radical (unpaired) electrons. The van der Waals surface area contributed by atoms with E-state index in [0.717, 1.165) is 31.7 Å². The van der Waals surface area contributed by atoms with Crippen LogP contribution in [0.5, 0.6) is 0 Å². The second kappa shape index (κ2) is 14.4. The van der Waals surface area contributed by atoms with Crippen LogP contribution in [0.4, 0.5) is 16.4 Å². The standard InChI is InChI=1S/C24H29N7O4.2ClH/c25-9-8-20(29-24(34)35-15-16-4-2-1-3-5-16)22(33)27-17-6-7-19-18(14-17)21(32)30-23(28-19)31-12-10-26-11-13-31;;/h1-7,14,20,26H,8-13,15,25H2,(H,27,33)(H,29,34)(H,28,30,32);2*1H/t20-;;/m0../s1. The van der Waals surface area contributed by atoms with E-state index >= 15 is 0 Å². The Bertz CT molecular complexity index is 1240. The summed E-state index contributed by atoms with van der Waals surface area (Å²) in [5, 5.41) is 8.91. The van der Waals surface area contributed by atoms with Crippen molar-refractivity contribution in [1.82, 2.24) is 20.6 Å². The normalized spacial score (nSPS) is 13.6. The van der Waals surface area contributed by atoms with Crippen LogP contribution in [0.2, 0.25) is 0 Å². The quantitative estimate of drug-likeness (QED) is 0.283. The van der Waals surface area contributed by atoms with E-state index in [1.54, 1.807) is 18.2 Å². The van der Waals surface area contributed by atoms with Gasteiger partial charge in [0.2, 0.25) is 11.9 Å². The number of carbonyl (C=O) groups excluding carboxylic acids is 2. The van der Waals surface area contributed by atoms with E-state index in [4.69, 9.17) is 10.5 Å². The van der Waals surface area contributed by atoms with Gasteiger partial charge in [-0.05, 0) is 36.7 Å². The number of carbonyl (C=O) groups is 2. The Morgan fingerprint density at radius 1 is 1.11 bits per heavy atom. The van der Waals surface area contributed by atoms with Crippen molar-refractivity contribution in [3.05, 3.63) is 64.4 Å². The molecule has 0 saturated carbocycles. The summed E-state index contributed by atoms with van der Waals surface area (Å²) >= 11 is 0. The fourth-order valence-corrected chi connectivity index (χ4v) is 3.80. The number of rotatable bonds is 8. The monoisotopic (exact) mass is 551 g/mol. The second-order valence-corrected chi connectivity index (χ2v) is 8.18. The number of nitrogens with two attached hydrogens (primary N) is 1. The van der Waals surface area contributed by atoms with Gasteiger partial charge in [0.15, 0.2) is 0 Å². The molecule has 13 heteroatoms. The van der Waals surface area contributed by atoms with E-state index in [1.165, 1.54) is 0 Å². The van der Waals surface area contributed by atoms with Crippen molar-refractivity contribution in [1.29, 1.82) is 0 Å². The van der Waals surface area contributed by atoms with E-state index in [1.807, 2.05) is 35.2 Å². The number of nitrogens with one attached hydrogen (secondary N) is 4. The van der Waals surface area contributed by atoms with Crippen molar-refractivity contribution in [2.45, 2.75) is 19.1 Å². The first-order chi connectivity index (χ1) is 17.0. The van der Waals surface area contributed by atoms with Crippen LogP contribution in [-0.2, 0) is 16.1 Å². The topological polar surface area (TPSA) is 154 Å².